The Balaban J connectivity index is 1.17. The maximum atomic E-state index is 4.25. The van der Waals surface area contributed by atoms with Crippen LogP contribution in [0.5, 0.6) is 0 Å². The fourth-order valence-electron chi connectivity index (χ4n) is 15.1. The molecule has 347 valence electrons. The molecule has 6 aliphatic carbocycles. The van der Waals surface area contributed by atoms with Crippen LogP contribution in [0.2, 0.25) is 0 Å². The number of nitrogens with zero attached hydrogens (tertiary/aromatic N) is 1. The van der Waals surface area contributed by atoms with Gasteiger partial charge in [-0.25, -0.2) is 0 Å². The zero-order chi connectivity index (χ0) is 47.8. The van der Waals surface area contributed by atoms with Crippen LogP contribution in [-0.2, 0) is 27.1 Å². The summed E-state index contributed by atoms with van der Waals surface area (Å²) in [6.07, 6.45) is 15.7. The Morgan fingerprint density at radius 3 is 1.94 bits per heavy atom. The summed E-state index contributed by atoms with van der Waals surface area (Å²) in [6.45, 7) is 39.5. The molecule has 0 aromatic heterocycles. The van der Waals surface area contributed by atoms with Crippen molar-refractivity contribution in [1.82, 2.24) is 0 Å². The zero-order valence-electron chi connectivity index (χ0n) is 44.1. The molecule has 2 unspecified atom stereocenters. The second-order valence-corrected chi connectivity index (χ2v) is 27.1. The smallest absolute Gasteiger partial charge is 0.198 e. The molecule has 0 saturated heterocycles. The maximum absolute atomic E-state index is 4.25. The molecule has 67 heavy (non-hydrogen) atoms. The van der Waals surface area contributed by atoms with Gasteiger partial charge in [-0.15, -0.1) is 0 Å². The van der Waals surface area contributed by atoms with Crippen molar-refractivity contribution in [3.8, 4) is 11.1 Å². The summed E-state index contributed by atoms with van der Waals surface area (Å²) in [5.74, 6) is 0.935. The van der Waals surface area contributed by atoms with E-state index in [2.05, 4.69) is 207 Å². The SMILES string of the molecule is Cc1cc(-c2cc3c(cc2NC2=CC=C4C(C2)C(C)(C)CCC4(C)C)C(C)(C)CC3(C)C)c2c(c1)N(c1cc3c(cc1C)C(C)(C)CCC3(C)C)C1=CCC3C(=C1[B]2)c1ccccc1C3(C)C. The minimum atomic E-state index is 0.0347. The van der Waals surface area contributed by atoms with Gasteiger partial charge in [0.25, 0.3) is 0 Å². The molecule has 4 aromatic carbocycles. The zero-order valence-corrected chi connectivity index (χ0v) is 44.1. The quantitative estimate of drug-likeness (QED) is 0.205. The monoisotopic (exact) mass is 886 g/mol. The van der Waals surface area contributed by atoms with Crippen molar-refractivity contribution in [2.75, 3.05) is 10.2 Å². The third-order valence-corrected chi connectivity index (χ3v) is 19.2. The van der Waals surface area contributed by atoms with Crippen molar-refractivity contribution in [2.45, 2.75) is 183 Å². The van der Waals surface area contributed by atoms with E-state index in [1.165, 1.54) is 126 Å². The number of rotatable bonds is 4. The molecule has 0 amide bonds. The standard InChI is InChI=1S/C64H78BN2/c1-37-29-42(41-33-48-49(63(13,14)36-62(48,11)12)34-51(41)66-39-21-22-44-47(32-39)60(7,8)26-25-58(44,3)4)56-54(30-37)67(53-35-50-46(31-38(53)2)59(5,6)27-28-61(50,9)10)52-24-23-45-55(57(52)65-56)40-19-17-18-20-43(40)64(45,15)16/h17-22,24,29-31,33-35,45,47,66H,23,25-28,32,36H2,1-16H3. The lowest BCUT2D eigenvalue weighted by Crippen LogP contribution is -2.41. The molecule has 2 nitrogen and oxygen atoms in total. The molecule has 11 rings (SSSR count). The van der Waals surface area contributed by atoms with Crippen molar-refractivity contribution in [2.24, 2.45) is 22.7 Å². The second kappa shape index (κ2) is 14.3. The normalized spacial score (nSPS) is 25.7. The van der Waals surface area contributed by atoms with Gasteiger partial charge in [-0.1, -0.05) is 157 Å². The van der Waals surface area contributed by atoms with Gasteiger partial charge in [0.05, 0.1) is 0 Å². The van der Waals surface area contributed by atoms with Crippen LogP contribution < -0.4 is 15.7 Å². The largest absolute Gasteiger partial charge is 0.358 e. The second-order valence-electron chi connectivity index (χ2n) is 27.1. The Labute approximate surface area is 406 Å². The molecule has 1 fully saturated rings. The molecule has 1 aliphatic heterocycles. The highest BCUT2D eigenvalue weighted by Gasteiger charge is 2.49. The van der Waals surface area contributed by atoms with E-state index in [4.69, 9.17) is 0 Å². The number of hydrogen-bond donors (Lipinski definition) is 1. The predicted octanol–water partition coefficient (Wildman–Crippen LogP) is 16.5. The molecule has 4 aromatic rings. The first-order valence-corrected chi connectivity index (χ1v) is 26.1. The molecular weight excluding hydrogens is 808 g/mol. The summed E-state index contributed by atoms with van der Waals surface area (Å²) in [4.78, 5) is 2.72. The van der Waals surface area contributed by atoms with Gasteiger partial charge < -0.3 is 10.2 Å². The first kappa shape index (κ1) is 45.0. The van der Waals surface area contributed by atoms with Crippen molar-refractivity contribution in [1.29, 1.82) is 0 Å². The Morgan fingerprint density at radius 1 is 0.582 bits per heavy atom. The molecule has 3 heteroatoms. The van der Waals surface area contributed by atoms with Crippen molar-refractivity contribution in [3.05, 3.63) is 146 Å². The Morgan fingerprint density at radius 2 is 1.22 bits per heavy atom. The minimum absolute atomic E-state index is 0.0347. The van der Waals surface area contributed by atoms with E-state index in [1.807, 2.05) is 0 Å². The van der Waals surface area contributed by atoms with E-state index in [1.54, 1.807) is 5.57 Å². The summed E-state index contributed by atoms with van der Waals surface area (Å²) in [5, 5.41) is 4.25. The van der Waals surface area contributed by atoms with Gasteiger partial charge in [0.2, 0.25) is 0 Å². The highest BCUT2D eigenvalue weighted by Crippen LogP contribution is 2.60. The number of aryl methyl sites for hydroxylation is 2. The van der Waals surface area contributed by atoms with Gasteiger partial charge in [-0.2, -0.15) is 0 Å². The van der Waals surface area contributed by atoms with Crippen LogP contribution in [0.4, 0.5) is 17.1 Å². The number of nitrogens with one attached hydrogen (secondary N) is 1. The highest BCUT2D eigenvalue weighted by molar-refractivity contribution is 6.68. The van der Waals surface area contributed by atoms with Crippen molar-refractivity contribution in [3.63, 3.8) is 0 Å². The van der Waals surface area contributed by atoms with Crippen LogP contribution in [0.15, 0.2) is 101 Å². The van der Waals surface area contributed by atoms with Crippen LogP contribution in [0, 0.1) is 36.5 Å². The summed E-state index contributed by atoms with van der Waals surface area (Å²) in [7, 11) is 2.64. The summed E-state index contributed by atoms with van der Waals surface area (Å²) in [6, 6.07) is 24.8. The maximum Gasteiger partial charge on any atom is 0.198 e. The number of hydrogen-bond acceptors (Lipinski definition) is 2. The van der Waals surface area contributed by atoms with E-state index >= 15 is 0 Å². The van der Waals surface area contributed by atoms with E-state index in [0.717, 1.165) is 19.3 Å². The molecule has 1 radical (unpaired) electrons. The van der Waals surface area contributed by atoms with Crippen LogP contribution in [0.1, 0.15) is 186 Å². The molecule has 0 bridgehead atoms. The molecular formula is C64H78BN2. The Hall–Kier alpha value is -4.50. The predicted molar refractivity (Wildman–Crippen MR) is 289 cm³/mol. The molecule has 2 atom stereocenters. The third kappa shape index (κ3) is 6.68. The average molecular weight is 886 g/mol. The van der Waals surface area contributed by atoms with Gasteiger partial charge in [-0.05, 0) is 200 Å². The van der Waals surface area contributed by atoms with Gasteiger partial charge in [0.15, 0.2) is 7.28 Å². The van der Waals surface area contributed by atoms with E-state index in [0.29, 0.717) is 11.8 Å². The summed E-state index contributed by atoms with van der Waals surface area (Å²) < 4.78 is 0. The molecule has 1 heterocycles. The van der Waals surface area contributed by atoms with E-state index in [-0.39, 0.29) is 37.9 Å². The molecule has 0 spiro atoms. The molecule has 1 saturated carbocycles. The number of fused-ring (bicyclic) bond motifs is 8. The molecule has 1 N–H and O–H groups in total. The molecule has 7 aliphatic rings. The van der Waals surface area contributed by atoms with Crippen LogP contribution in [-0.4, -0.2) is 7.28 Å². The highest BCUT2D eigenvalue weighted by atomic mass is 15.2. The third-order valence-electron chi connectivity index (χ3n) is 19.2. The van der Waals surface area contributed by atoms with Gasteiger partial charge >= 0.3 is 0 Å². The lowest BCUT2D eigenvalue weighted by molar-refractivity contribution is 0.121. The van der Waals surface area contributed by atoms with Gasteiger partial charge in [0.1, 0.15) is 0 Å². The topological polar surface area (TPSA) is 15.3 Å². The van der Waals surface area contributed by atoms with Crippen LogP contribution in [0.3, 0.4) is 0 Å². The lowest BCUT2D eigenvalue weighted by atomic mass is 9.52. The average Bonchev–Trinajstić information content (AvgIpc) is 3.59. The van der Waals surface area contributed by atoms with Gasteiger partial charge in [-0.3, -0.25) is 0 Å². The fourth-order valence-corrected chi connectivity index (χ4v) is 15.1. The van der Waals surface area contributed by atoms with E-state index < -0.39 is 0 Å². The number of anilines is 3. The fraction of sp³-hybridized carbons (Fsp3) is 0.500. The number of benzene rings is 4. The first-order chi connectivity index (χ1) is 31.2. The summed E-state index contributed by atoms with van der Waals surface area (Å²) in [5.41, 5.74) is 27.6. The lowest BCUT2D eigenvalue weighted by Gasteiger charge is -2.50. The van der Waals surface area contributed by atoms with Crippen LogP contribution >= 0.6 is 0 Å². The Kier molecular flexibility index (Phi) is 9.60. The number of allylic oxidation sites excluding steroid dienone is 7. The van der Waals surface area contributed by atoms with Crippen molar-refractivity contribution < 1.29 is 0 Å². The van der Waals surface area contributed by atoms with Crippen LogP contribution in [0.25, 0.3) is 16.7 Å². The first-order valence-electron chi connectivity index (χ1n) is 26.1. The van der Waals surface area contributed by atoms with E-state index in [9.17, 15) is 0 Å². The Bertz CT molecular complexity index is 2950. The van der Waals surface area contributed by atoms with Crippen molar-refractivity contribution >= 4 is 35.4 Å². The summed E-state index contributed by atoms with van der Waals surface area (Å²) >= 11 is 0. The van der Waals surface area contributed by atoms with Gasteiger partial charge in [0, 0.05) is 34.0 Å². The minimum Gasteiger partial charge on any atom is -0.358 e.